The molecule has 2 aromatic carbocycles. The predicted octanol–water partition coefficient (Wildman–Crippen LogP) is 3.93. The van der Waals surface area contributed by atoms with Gasteiger partial charge < -0.3 is 19.5 Å². The van der Waals surface area contributed by atoms with E-state index < -0.39 is 5.97 Å². The molecule has 0 spiro atoms. The lowest BCUT2D eigenvalue weighted by Crippen LogP contribution is -2.31. The van der Waals surface area contributed by atoms with Crippen LogP contribution < -0.4 is 10.1 Å². The average Bonchev–Trinajstić information content (AvgIpc) is 2.93. The van der Waals surface area contributed by atoms with Crippen molar-refractivity contribution in [1.82, 2.24) is 5.32 Å². The fourth-order valence-electron chi connectivity index (χ4n) is 3.04. The molecular formula is C20H21Cl2NO4. The molecule has 1 heterocycles. The number of rotatable bonds is 5. The van der Waals surface area contributed by atoms with Crippen LogP contribution in [0.2, 0.25) is 10.0 Å². The van der Waals surface area contributed by atoms with Crippen molar-refractivity contribution in [2.45, 2.75) is 12.0 Å². The minimum absolute atomic E-state index is 0.0612. The summed E-state index contributed by atoms with van der Waals surface area (Å²) < 4.78 is 16.7. The Morgan fingerprint density at radius 2 is 2.07 bits per heavy atom. The number of nitrogens with one attached hydrogen (secondary N) is 1. The van der Waals surface area contributed by atoms with E-state index in [1.54, 1.807) is 30.3 Å². The van der Waals surface area contributed by atoms with Gasteiger partial charge in [-0.15, -0.1) is 0 Å². The standard InChI is InChI=1S/C20H21Cl2NO4/c1-25-20(24)14-3-2-4-15(9-14)27-12-19-16(11-23-7-8-26-19)13-5-6-17(21)18(22)10-13/h2-6,9-10,16,19,23H,7-8,11-12H2,1H3/t16-,19-/m0/s1. The molecule has 1 aliphatic rings. The highest BCUT2D eigenvalue weighted by Gasteiger charge is 2.27. The number of hydrogen-bond acceptors (Lipinski definition) is 5. The van der Waals surface area contributed by atoms with Crippen LogP contribution in [0, 0.1) is 0 Å². The van der Waals surface area contributed by atoms with Crippen LogP contribution in [0.5, 0.6) is 5.75 Å². The van der Waals surface area contributed by atoms with E-state index in [-0.39, 0.29) is 12.0 Å². The number of benzene rings is 2. The predicted molar refractivity (Wildman–Crippen MR) is 105 cm³/mol. The molecule has 27 heavy (non-hydrogen) atoms. The third-order valence-corrected chi connectivity index (χ3v) is 5.20. The molecule has 0 amide bonds. The highest BCUT2D eigenvalue weighted by molar-refractivity contribution is 6.42. The maximum Gasteiger partial charge on any atom is 0.337 e. The van der Waals surface area contributed by atoms with Crippen molar-refractivity contribution < 1.29 is 19.0 Å². The molecule has 1 N–H and O–H groups in total. The van der Waals surface area contributed by atoms with Crippen LogP contribution in [0.4, 0.5) is 0 Å². The SMILES string of the molecule is COC(=O)c1cccc(OC[C@@H]2OCCNC[C@H]2c2ccc(Cl)c(Cl)c2)c1. The Kier molecular flexibility index (Phi) is 6.96. The lowest BCUT2D eigenvalue weighted by atomic mass is 9.93. The third-order valence-electron chi connectivity index (χ3n) is 4.47. The highest BCUT2D eigenvalue weighted by atomic mass is 35.5. The summed E-state index contributed by atoms with van der Waals surface area (Å²) in [5, 5.41) is 4.41. The summed E-state index contributed by atoms with van der Waals surface area (Å²) in [5.41, 5.74) is 1.48. The van der Waals surface area contributed by atoms with Gasteiger partial charge in [-0.25, -0.2) is 4.79 Å². The zero-order chi connectivity index (χ0) is 19.2. The molecule has 144 valence electrons. The van der Waals surface area contributed by atoms with Crippen molar-refractivity contribution in [1.29, 1.82) is 0 Å². The second kappa shape index (κ2) is 9.42. The van der Waals surface area contributed by atoms with Crippen molar-refractivity contribution >= 4 is 29.2 Å². The first-order chi connectivity index (χ1) is 13.1. The number of esters is 1. The van der Waals surface area contributed by atoms with Gasteiger partial charge in [0, 0.05) is 19.0 Å². The van der Waals surface area contributed by atoms with E-state index >= 15 is 0 Å². The van der Waals surface area contributed by atoms with Crippen LogP contribution in [0.3, 0.4) is 0 Å². The molecule has 3 rings (SSSR count). The molecule has 0 radical (unpaired) electrons. The van der Waals surface area contributed by atoms with Crippen LogP contribution in [0.25, 0.3) is 0 Å². The van der Waals surface area contributed by atoms with Gasteiger partial charge in [-0.1, -0.05) is 35.3 Å². The van der Waals surface area contributed by atoms with Crippen molar-refractivity contribution in [2.24, 2.45) is 0 Å². The second-order valence-corrected chi connectivity index (χ2v) is 7.04. The van der Waals surface area contributed by atoms with Gasteiger partial charge in [0.25, 0.3) is 0 Å². The molecule has 0 saturated carbocycles. The first-order valence-corrected chi connectivity index (χ1v) is 9.42. The Labute approximate surface area is 168 Å². The van der Waals surface area contributed by atoms with E-state index in [1.165, 1.54) is 7.11 Å². The number of ether oxygens (including phenoxy) is 3. The van der Waals surface area contributed by atoms with E-state index in [0.717, 1.165) is 18.7 Å². The van der Waals surface area contributed by atoms with Gasteiger partial charge in [-0.05, 0) is 35.9 Å². The van der Waals surface area contributed by atoms with Crippen LogP contribution in [-0.2, 0) is 9.47 Å². The van der Waals surface area contributed by atoms with E-state index in [9.17, 15) is 4.79 Å². The molecule has 7 heteroatoms. The summed E-state index contributed by atoms with van der Waals surface area (Å²) in [4.78, 5) is 11.7. The summed E-state index contributed by atoms with van der Waals surface area (Å²) in [7, 11) is 1.35. The molecule has 2 aromatic rings. The molecule has 0 aromatic heterocycles. The van der Waals surface area contributed by atoms with Gasteiger partial charge in [0.2, 0.25) is 0 Å². The van der Waals surface area contributed by atoms with Crippen molar-refractivity contribution in [3.05, 3.63) is 63.6 Å². The van der Waals surface area contributed by atoms with Crippen LogP contribution in [-0.4, -0.2) is 45.5 Å². The molecule has 1 saturated heterocycles. The lowest BCUT2D eigenvalue weighted by molar-refractivity contribution is 0.0181. The van der Waals surface area contributed by atoms with Gasteiger partial charge in [0.1, 0.15) is 12.4 Å². The average molecular weight is 410 g/mol. The minimum atomic E-state index is -0.399. The highest BCUT2D eigenvalue weighted by Crippen LogP contribution is 2.30. The summed E-state index contributed by atoms with van der Waals surface area (Å²) in [5.74, 6) is 0.252. The van der Waals surface area contributed by atoms with E-state index in [0.29, 0.717) is 34.6 Å². The molecular weight excluding hydrogens is 389 g/mol. The largest absolute Gasteiger partial charge is 0.491 e. The second-order valence-electron chi connectivity index (χ2n) is 6.22. The molecule has 0 unspecified atom stereocenters. The van der Waals surface area contributed by atoms with Gasteiger partial charge in [-0.3, -0.25) is 0 Å². The first-order valence-electron chi connectivity index (χ1n) is 8.67. The fraction of sp³-hybridized carbons (Fsp3) is 0.350. The van der Waals surface area contributed by atoms with Crippen molar-refractivity contribution in [3.8, 4) is 5.75 Å². The summed E-state index contributed by atoms with van der Waals surface area (Å²) in [6, 6.07) is 12.5. The Morgan fingerprint density at radius 1 is 1.22 bits per heavy atom. The van der Waals surface area contributed by atoms with Gasteiger partial charge in [0.15, 0.2) is 0 Å². The van der Waals surface area contributed by atoms with Crippen LogP contribution >= 0.6 is 23.2 Å². The minimum Gasteiger partial charge on any atom is -0.491 e. The summed E-state index contributed by atoms with van der Waals surface area (Å²) in [6.45, 7) is 2.45. The molecule has 2 atom stereocenters. The fourth-order valence-corrected chi connectivity index (χ4v) is 3.34. The van der Waals surface area contributed by atoms with Crippen molar-refractivity contribution in [2.75, 3.05) is 33.4 Å². The maximum atomic E-state index is 11.7. The Morgan fingerprint density at radius 3 is 2.85 bits per heavy atom. The first kappa shape index (κ1) is 20.0. The number of carbonyl (C=O) groups is 1. The Balaban J connectivity index is 1.74. The Bertz CT molecular complexity index is 799. The molecule has 5 nitrogen and oxygen atoms in total. The zero-order valence-corrected chi connectivity index (χ0v) is 16.4. The van der Waals surface area contributed by atoms with Gasteiger partial charge in [0.05, 0.1) is 35.4 Å². The van der Waals surface area contributed by atoms with Crippen LogP contribution in [0.15, 0.2) is 42.5 Å². The summed E-state index contributed by atoms with van der Waals surface area (Å²) in [6.07, 6.45) is -0.168. The normalized spacial score (nSPS) is 20.0. The lowest BCUT2D eigenvalue weighted by Gasteiger charge is -2.25. The monoisotopic (exact) mass is 409 g/mol. The Hall–Kier alpha value is -1.79. The smallest absolute Gasteiger partial charge is 0.337 e. The number of halogens is 2. The third kappa shape index (κ3) is 5.14. The van der Waals surface area contributed by atoms with E-state index in [2.05, 4.69) is 5.32 Å². The number of methoxy groups -OCH3 is 1. The zero-order valence-electron chi connectivity index (χ0n) is 14.9. The maximum absolute atomic E-state index is 11.7. The summed E-state index contributed by atoms with van der Waals surface area (Å²) >= 11 is 12.2. The molecule has 0 aliphatic carbocycles. The van der Waals surface area contributed by atoms with E-state index in [1.807, 2.05) is 12.1 Å². The molecule has 1 aliphatic heterocycles. The molecule has 0 bridgehead atoms. The number of carbonyl (C=O) groups excluding carboxylic acids is 1. The topological polar surface area (TPSA) is 56.8 Å². The van der Waals surface area contributed by atoms with Gasteiger partial charge >= 0.3 is 5.97 Å². The van der Waals surface area contributed by atoms with Gasteiger partial charge in [-0.2, -0.15) is 0 Å². The van der Waals surface area contributed by atoms with Crippen molar-refractivity contribution in [3.63, 3.8) is 0 Å². The molecule has 1 fully saturated rings. The quantitative estimate of drug-likeness (QED) is 0.758. The number of hydrogen-bond donors (Lipinski definition) is 1. The van der Waals surface area contributed by atoms with Crippen LogP contribution in [0.1, 0.15) is 21.8 Å². The van der Waals surface area contributed by atoms with E-state index in [4.69, 9.17) is 37.4 Å².